The van der Waals surface area contributed by atoms with Crippen LogP contribution in [-0.4, -0.2) is 13.0 Å². The summed E-state index contributed by atoms with van der Waals surface area (Å²) in [5.41, 5.74) is 0. The molecule has 12 heavy (non-hydrogen) atoms. The van der Waals surface area contributed by atoms with Gasteiger partial charge in [-0.25, -0.2) is 0 Å². The summed E-state index contributed by atoms with van der Waals surface area (Å²) in [6.07, 6.45) is 0. The van der Waals surface area contributed by atoms with Crippen LogP contribution in [0.25, 0.3) is 0 Å². The first-order valence-corrected chi connectivity index (χ1v) is 4.89. The van der Waals surface area contributed by atoms with Crippen molar-refractivity contribution in [3.63, 3.8) is 0 Å². The second-order valence-corrected chi connectivity index (χ2v) is 3.73. The Morgan fingerprint density at radius 1 is 1.42 bits per heavy atom. The summed E-state index contributed by atoms with van der Waals surface area (Å²) in [5.74, 6) is 0.357. The maximum absolute atomic E-state index is 10.6. The van der Waals surface area contributed by atoms with Gasteiger partial charge in [-0.1, -0.05) is 6.07 Å². The Morgan fingerprint density at radius 2 is 2.08 bits per heavy atom. The van der Waals surface area contributed by atoms with E-state index >= 15 is 0 Å². The zero-order valence-corrected chi connectivity index (χ0v) is 7.94. The molecule has 1 aromatic rings. The third-order valence-electron chi connectivity index (χ3n) is 1.24. The van der Waals surface area contributed by atoms with Crippen LogP contribution in [-0.2, 0) is 10.1 Å². The number of benzene rings is 1. The van der Waals surface area contributed by atoms with E-state index in [1.54, 1.807) is 6.07 Å². The Morgan fingerprint density at radius 3 is 2.58 bits per heavy atom. The van der Waals surface area contributed by atoms with E-state index in [9.17, 15) is 8.42 Å². The van der Waals surface area contributed by atoms with E-state index in [0.29, 0.717) is 5.75 Å². The fourth-order valence-corrected chi connectivity index (χ4v) is 1.37. The van der Waals surface area contributed by atoms with Crippen LogP contribution in [0.5, 0.6) is 5.75 Å². The maximum atomic E-state index is 10.6. The summed E-state index contributed by atoms with van der Waals surface area (Å²) >= 11 is 0. The minimum Gasteiger partial charge on any atom is -0.480 e. The van der Waals surface area contributed by atoms with Gasteiger partial charge in [-0.3, -0.25) is 4.55 Å². The van der Waals surface area contributed by atoms with Crippen LogP contribution >= 0.6 is 9.47 Å². The third kappa shape index (κ3) is 2.17. The van der Waals surface area contributed by atoms with Crippen LogP contribution in [0.1, 0.15) is 0 Å². The largest absolute Gasteiger partial charge is 0.480 e. The van der Waals surface area contributed by atoms with Crippen molar-refractivity contribution >= 4 is 19.6 Å². The number of rotatable bonds is 2. The smallest absolute Gasteiger partial charge is 0.294 e. The predicted molar refractivity (Wildman–Crippen MR) is 46.6 cm³/mol. The summed E-state index contributed by atoms with van der Waals surface area (Å²) in [4.78, 5) is -0.178. The summed E-state index contributed by atoms with van der Waals surface area (Å²) in [7, 11) is -2.14. The lowest BCUT2D eigenvalue weighted by Gasteiger charge is -2.00. The van der Waals surface area contributed by atoms with E-state index in [1.165, 1.54) is 18.2 Å². The lowest BCUT2D eigenvalue weighted by Crippen LogP contribution is -1.97. The average Bonchev–Trinajstić information content (AvgIpc) is 2.03. The van der Waals surface area contributed by atoms with Gasteiger partial charge < -0.3 is 4.52 Å². The normalized spacial score (nSPS) is 11.2. The zero-order valence-electron chi connectivity index (χ0n) is 5.97. The molecule has 0 aliphatic rings. The van der Waals surface area contributed by atoms with Gasteiger partial charge in [0.05, 0.1) is 14.4 Å². The molecule has 0 bridgehead atoms. The van der Waals surface area contributed by atoms with Crippen LogP contribution in [0.3, 0.4) is 0 Å². The van der Waals surface area contributed by atoms with Crippen molar-refractivity contribution in [3.8, 4) is 5.75 Å². The second kappa shape index (κ2) is 3.39. The molecule has 66 valence electrons. The summed E-state index contributed by atoms with van der Waals surface area (Å²) in [5, 5.41) is 0. The van der Waals surface area contributed by atoms with Crippen molar-refractivity contribution < 1.29 is 17.5 Å². The lowest BCUT2D eigenvalue weighted by atomic mass is 10.3. The Balaban J connectivity index is 3.20. The molecule has 0 amide bonds. The van der Waals surface area contributed by atoms with E-state index in [2.05, 4.69) is 0 Å². The van der Waals surface area contributed by atoms with Gasteiger partial charge in [0.2, 0.25) is 0 Å². The maximum Gasteiger partial charge on any atom is 0.294 e. The summed E-state index contributed by atoms with van der Waals surface area (Å²) < 4.78 is 34.5. The van der Waals surface area contributed by atoms with E-state index < -0.39 is 10.1 Å². The SMILES string of the molecule is O=S(=O)(O)c1cccc(OP)c1. The topological polar surface area (TPSA) is 63.6 Å². The minimum absolute atomic E-state index is 0.178. The van der Waals surface area contributed by atoms with Crippen LogP contribution in [0.2, 0.25) is 0 Å². The Bertz CT molecular complexity index is 373. The number of hydrogen-bond acceptors (Lipinski definition) is 3. The first-order chi connectivity index (χ1) is 5.54. The Hall–Kier alpha value is -0.640. The average molecular weight is 206 g/mol. The molecule has 0 spiro atoms. The molecule has 0 aliphatic carbocycles. The van der Waals surface area contributed by atoms with Crippen LogP contribution in [0.4, 0.5) is 0 Å². The number of hydrogen-bond donors (Lipinski definition) is 1. The molecule has 6 heteroatoms. The van der Waals surface area contributed by atoms with Gasteiger partial charge in [0, 0.05) is 6.07 Å². The van der Waals surface area contributed by atoms with Gasteiger partial charge in [0.25, 0.3) is 10.1 Å². The molecule has 0 aromatic heterocycles. The monoisotopic (exact) mass is 206 g/mol. The van der Waals surface area contributed by atoms with Gasteiger partial charge in [-0.2, -0.15) is 8.42 Å². The molecule has 0 saturated heterocycles. The molecule has 1 unspecified atom stereocenters. The quantitative estimate of drug-likeness (QED) is 0.581. The highest BCUT2D eigenvalue weighted by Crippen LogP contribution is 2.18. The molecule has 1 N–H and O–H groups in total. The van der Waals surface area contributed by atoms with Crippen molar-refractivity contribution in [3.05, 3.63) is 24.3 Å². The molecule has 0 fully saturated rings. The highest BCUT2D eigenvalue weighted by atomic mass is 32.2. The van der Waals surface area contributed by atoms with Gasteiger partial charge in [-0.05, 0) is 12.1 Å². The predicted octanol–water partition coefficient (Wildman–Crippen LogP) is 1.10. The van der Waals surface area contributed by atoms with Crippen molar-refractivity contribution in [2.75, 3.05) is 0 Å². The van der Waals surface area contributed by atoms with Crippen LogP contribution < -0.4 is 4.52 Å². The third-order valence-corrected chi connectivity index (χ3v) is 2.36. The second-order valence-electron chi connectivity index (χ2n) is 2.07. The first-order valence-electron chi connectivity index (χ1n) is 2.98. The molecule has 0 radical (unpaired) electrons. The molecule has 4 nitrogen and oxygen atoms in total. The van der Waals surface area contributed by atoms with Crippen LogP contribution in [0.15, 0.2) is 29.2 Å². The van der Waals surface area contributed by atoms with E-state index in [-0.39, 0.29) is 4.90 Å². The lowest BCUT2D eigenvalue weighted by molar-refractivity contribution is 0.482. The fourth-order valence-electron chi connectivity index (χ4n) is 0.708. The van der Waals surface area contributed by atoms with E-state index in [4.69, 9.17) is 9.08 Å². The van der Waals surface area contributed by atoms with Gasteiger partial charge in [0.15, 0.2) is 0 Å². The van der Waals surface area contributed by atoms with Gasteiger partial charge >= 0.3 is 0 Å². The van der Waals surface area contributed by atoms with E-state index in [1.807, 2.05) is 9.47 Å². The molecular weight excluding hydrogens is 199 g/mol. The standard InChI is InChI=1S/C6H7O4PS/c7-12(8,9)6-3-1-2-5(4-6)10-11/h1-4H,11H2,(H,7,8,9). The van der Waals surface area contributed by atoms with Gasteiger partial charge in [0.1, 0.15) is 5.75 Å². The van der Waals surface area contributed by atoms with Crippen molar-refractivity contribution in [1.82, 2.24) is 0 Å². The molecule has 0 heterocycles. The minimum atomic E-state index is -4.12. The molecule has 0 saturated carbocycles. The highest BCUT2D eigenvalue weighted by molar-refractivity contribution is 7.85. The molecule has 1 aromatic carbocycles. The van der Waals surface area contributed by atoms with Crippen molar-refractivity contribution in [2.24, 2.45) is 0 Å². The highest BCUT2D eigenvalue weighted by Gasteiger charge is 2.09. The van der Waals surface area contributed by atoms with Crippen LogP contribution in [0, 0.1) is 0 Å². The first kappa shape index (κ1) is 9.45. The molecule has 1 atom stereocenters. The molecule has 1 rings (SSSR count). The summed E-state index contributed by atoms with van der Waals surface area (Å²) in [6, 6.07) is 5.55. The molecular formula is C6H7O4PS. The Labute approximate surface area is 72.6 Å². The summed E-state index contributed by atoms with van der Waals surface area (Å²) in [6.45, 7) is 0. The van der Waals surface area contributed by atoms with Crippen molar-refractivity contribution in [1.29, 1.82) is 0 Å². The Kier molecular flexibility index (Phi) is 2.67. The fraction of sp³-hybridized carbons (Fsp3) is 0. The van der Waals surface area contributed by atoms with Crippen molar-refractivity contribution in [2.45, 2.75) is 4.90 Å². The molecule has 0 aliphatic heterocycles. The van der Waals surface area contributed by atoms with E-state index in [0.717, 1.165) is 0 Å². The zero-order chi connectivity index (χ0) is 9.19. The van der Waals surface area contributed by atoms with Gasteiger partial charge in [-0.15, -0.1) is 0 Å².